The summed E-state index contributed by atoms with van der Waals surface area (Å²) in [6, 6.07) is 11.1. The smallest absolute Gasteiger partial charge is 0.295 e. The predicted molar refractivity (Wildman–Crippen MR) is 112 cm³/mol. The molecule has 0 bridgehead atoms. The number of hydrogen-bond acceptors (Lipinski definition) is 7. The molecular formula is C21H18N6O4. The average Bonchev–Trinajstić information content (AvgIpc) is 3.46. The Kier molecular flexibility index (Phi) is 5.27. The Bertz CT molecular complexity index is 1230. The normalized spacial score (nSPS) is 10.9. The van der Waals surface area contributed by atoms with E-state index in [0.29, 0.717) is 11.6 Å². The summed E-state index contributed by atoms with van der Waals surface area (Å²) in [6.07, 6.45) is 4.32. The lowest BCUT2D eigenvalue weighted by Crippen LogP contribution is -2.13. The maximum absolute atomic E-state index is 12.6. The number of amides is 1. The zero-order chi connectivity index (χ0) is 22.0. The number of carbonyl (C=O) groups is 1. The highest BCUT2D eigenvalue weighted by Gasteiger charge is 2.19. The van der Waals surface area contributed by atoms with E-state index in [1.54, 1.807) is 30.5 Å². The molecule has 0 spiro atoms. The van der Waals surface area contributed by atoms with E-state index in [9.17, 15) is 14.9 Å². The molecule has 0 saturated heterocycles. The van der Waals surface area contributed by atoms with Crippen LogP contribution in [0.1, 0.15) is 35.9 Å². The van der Waals surface area contributed by atoms with E-state index in [0.717, 1.165) is 11.3 Å². The van der Waals surface area contributed by atoms with Crippen LogP contribution < -0.4 is 5.32 Å². The molecule has 4 aromatic rings. The van der Waals surface area contributed by atoms with Gasteiger partial charge in [-0.1, -0.05) is 13.8 Å². The van der Waals surface area contributed by atoms with Crippen LogP contribution in [0.2, 0.25) is 0 Å². The van der Waals surface area contributed by atoms with Crippen molar-refractivity contribution in [2.75, 3.05) is 5.32 Å². The topological polar surface area (TPSA) is 129 Å². The number of nitrogens with zero attached hydrogens (tertiary/aromatic N) is 5. The molecule has 0 aliphatic carbocycles. The van der Waals surface area contributed by atoms with Gasteiger partial charge < -0.3 is 9.73 Å². The molecule has 2 aromatic heterocycles. The van der Waals surface area contributed by atoms with Crippen molar-refractivity contribution in [2.45, 2.75) is 19.8 Å². The highest BCUT2D eigenvalue weighted by molar-refractivity contribution is 6.05. The fourth-order valence-corrected chi connectivity index (χ4v) is 2.92. The first-order valence-electron chi connectivity index (χ1n) is 9.43. The molecule has 0 fully saturated rings. The Labute approximate surface area is 176 Å². The van der Waals surface area contributed by atoms with Gasteiger partial charge in [-0.05, 0) is 36.4 Å². The van der Waals surface area contributed by atoms with Gasteiger partial charge in [0, 0.05) is 28.8 Å². The van der Waals surface area contributed by atoms with Crippen molar-refractivity contribution >= 4 is 17.3 Å². The average molecular weight is 418 g/mol. The van der Waals surface area contributed by atoms with Crippen molar-refractivity contribution < 1.29 is 14.1 Å². The van der Waals surface area contributed by atoms with E-state index in [4.69, 9.17) is 4.42 Å². The van der Waals surface area contributed by atoms with Crippen LogP contribution in [0.4, 0.5) is 11.4 Å². The first kappa shape index (κ1) is 20.0. The zero-order valence-electron chi connectivity index (χ0n) is 16.7. The Balaban J connectivity index is 1.52. The van der Waals surface area contributed by atoms with Gasteiger partial charge in [-0.3, -0.25) is 14.9 Å². The number of nitro benzene ring substituents is 1. The Morgan fingerprint density at radius 1 is 1.19 bits per heavy atom. The van der Waals surface area contributed by atoms with Crippen molar-refractivity contribution in [1.82, 2.24) is 19.7 Å². The van der Waals surface area contributed by atoms with Crippen molar-refractivity contribution in [3.8, 4) is 17.1 Å². The van der Waals surface area contributed by atoms with Gasteiger partial charge >= 0.3 is 0 Å². The van der Waals surface area contributed by atoms with Crippen molar-refractivity contribution in [1.29, 1.82) is 0 Å². The third-order valence-corrected chi connectivity index (χ3v) is 4.58. The van der Waals surface area contributed by atoms with Crippen molar-refractivity contribution in [3.05, 3.63) is 82.8 Å². The van der Waals surface area contributed by atoms with Gasteiger partial charge in [0.15, 0.2) is 0 Å². The molecule has 2 aromatic carbocycles. The molecule has 0 aliphatic heterocycles. The molecule has 0 atom stereocenters. The van der Waals surface area contributed by atoms with E-state index >= 15 is 0 Å². The highest BCUT2D eigenvalue weighted by atomic mass is 16.6. The number of carbonyl (C=O) groups excluding carboxylic acids is 1. The number of rotatable bonds is 6. The van der Waals surface area contributed by atoms with Crippen LogP contribution in [0.15, 0.2) is 65.7 Å². The van der Waals surface area contributed by atoms with E-state index in [1.807, 2.05) is 13.8 Å². The number of nitro groups is 1. The summed E-state index contributed by atoms with van der Waals surface area (Å²) >= 11 is 0. The van der Waals surface area contributed by atoms with Crippen LogP contribution in [0.3, 0.4) is 0 Å². The second-order valence-corrected chi connectivity index (χ2v) is 7.05. The molecule has 10 heteroatoms. The lowest BCUT2D eigenvalue weighted by atomic mass is 10.1. The molecular weight excluding hydrogens is 400 g/mol. The van der Waals surface area contributed by atoms with E-state index in [1.165, 1.54) is 35.5 Å². The molecule has 0 saturated carbocycles. The summed E-state index contributed by atoms with van der Waals surface area (Å²) in [6.45, 7) is 4.04. The van der Waals surface area contributed by atoms with E-state index < -0.39 is 10.8 Å². The molecule has 0 radical (unpaired) electrons. The van der Waals surface area contributed by atoms with Crippen LogP contribution in [-0.4, -0.2) is 30.6 Å². The zero-order valence-corrected chi connectivity index (χ0v) is 16.7. The Morgan fingerprint density at radius 3 is 2.58 bits per heavy atom. The molecule has 10 nitrogen and oxygen atoms in total. The minimum absolute atomic E-state index is 0.147. The van der Waals surface area contributed by atoms with Crippen LogP contribution in [0.5, 0.6) is 0 Å². The summed E-state index contributed by atoms with van der Waals surface area (Å²) in [5.41, 5.74) is 1.42. The van der Waals surface area contributed by atoms with Crippen molar-refractivity contribution in [2.24, 2.45) is 0 Å². The maximum Gasteiger partial charge on any atom is 0.295 e. The molecule has 1 amide bonds. The van der Waals surface area contributed by atoms with Crippen LogP contribution in [0.25, 0.3) is 17.1 Å². The van der Waals surface area contributed by atoms with Gasteiger partial charge in [0.25, 0.3) is 11.6 Å². The third-order valence-electron chi connectivity index (χ3n) is 4.58. The SMILES string of the molecule is CC(C)c1cnc(-c2ccc(NC(=O)c3ccc(-n4cncn4)c([N+](=O)[O-])c3)cc2)o1. The second-order valence-electron chi connectivity index (χ2n) is 7.05. The molecule has 0 aliphatic rings. The largest absolute Gasteiger partial charge is 0.441 e. The van der Waals surface area contributed by atoms with Crippen LogP contribution in [-0.2, 0) is 0 Å². The molecule has 1 N–H and O–H groups in total. The molecule has 0 unspecified atom stereocenters. The number of anilines is 1. The summed E-state index contributed by atoms with van der Waals surface area (Å²) in [5, 5.41) is 18.1. The van der Waals surface area contributed by atoms with Gasteiger partial charge in [-0.25, -0.2) is 14.6 Å². The predicted octanol–water partition coefficient (Wildman–Crippen LogP) is 4.21. The molecule has 4 rings (SSSR count). The molecule has 2 heterocycles. The van der Waals surface area contributed by atoms with Gasteiger partial charge in [-0.2, -0.15) is 5.10 Å². The number of benzene rings is 2. The first-order chi connectivity index (χ1) is 14.9. The highest BCUT2D eigenvalue weighted by Crippen LogP contribution is 2.26. The lowest BCUT2D eigenvalue weighted by molar-refractivity contribution is -0.384. The van der Waals surface area contributed by atoms with Gasteiger partial charge in [-0.15, -0.1) is 0 Å². The first-order valence-corrected chi connectivity index (χ1v) is 9.43. The lowest BCUT2D eigenvalue weighted by Gasteiger charge is -2.08. The minimum atomic E-state index is -0.565. The standard InChI is InChI=1S/C21H18N6O4/c1-13(2)19-10-23-21(31-19)14-3-6-16(7-4-14)25-20(28)15-5-8-17(18(9-15)27(29)30)26-12-22-11-24-26/h3-13H,1-2H3,(H,25,28). The minimum Gasteiger partial charge on any atom is -0.441 e. The second kappa shape index (κ2) is 8.19. The number of oxazole rings is 1. The number of aromatic nitrogens is 4. The maximum atomic E-state index is 12.6. The number of nitrogens with one attached hydrogen (secondary N) is 1. The quantitative estimate of drug-likeness (QED) is 0.367. The van der Waals surface area contributed by atoms with Crippen molar-refractivity contribution in [3.63, 3.8) is 0 Å². The summed E-state index contributed by atoms with van der Waals surface area (Å²) in [5.74, 6) is 1.06. The van der Waals surface area contributed by atoms with Crippen LogP contribution >= 0.6 is 0 Å². The monoisotopic (exact) mass is 418 g/mol. The van der Waals surface area contributed by atoms with Gasteiger partial charge in [0.05, 0.1) is 11.1 Å². The third kappa shape index (κ3) is 4.17. The summed E-state index contributed by atoms with van der Waals surface area (Å²) < 4.78 is 6.99. The van der Waals surface area contributed by atoms with E-state index in [-0.39, 0.29) is 22.9 Å². The van der Waals surface area contributed by atoms with Gasteiger partial charge in [0.2, 0.25) is 5.89 Å². The van der Waals surface area contributed by atoms with Crippen LogP contribution in [0, 0.1) is 10.1 Å². The fourth-order valence-electron chi connectivity index (χ4n) is 2.92. The molecule has 156 valence electrons. The number of hydrogen-bond donors (Lipinski definition) is 1. The van der Waals surface area contributed by atoms with E-state index in [2.05, 4.69) is 20.4 Å². The Hall–Kier alpha value is -4.34. The Morgan fingerprint density at radius 2 is 1.97 bits per heavy atom. The molecule has 31 heavy (non-hydrogen) atoms. The fraction of sp³-hybridized carbons (Fsp3) is 0.143. The summed E-state index contributed by atoms with van der Waals surface area (Å²) in [4.78, 5) is 31.6. The summed E-state index contributed by atoms with van der Waals surface area (Å²) in [7, 11) is 0. The van der Waals surface area contributed by atoms with Gasteiger partial charge in [0.1, 0.15) is 24.1 Å².